The van der Waals surface area contributed by atoms with Gasteiger partial charge in [0.15, 0.2) is 0 Å². The van der Waals surface area contributed by atoms with E-state index in [1.54, 1.807) is 7.11 Å². The van der Waals surface area contributed by atoms with E-state index in [2.05, 4.69) is 47.2 Å². The number of hydrogen-bond acceptors (Lipinski definition) is 5. The standard InChI is InChI=1S/C28H35N3O2/c1-30(28(27-13-6-7-16-29-27)24-9-8-12-26(21-24)32-2)22-23-14-17-31(18-15-23)19-20-33-25-10-4-3-5-11-25/h3-13,16,21,23,28H,14-15,17-20,22H2,1-2H3/t28-/m1/s1. The fraction of sp³-hybridized carbons (Fsp3) is 0.393. The van der Waals surface area contributed by atoms with Crippen molar-refractivity contribution in [3.63, 3.8) is 0 Å². The third kappa shape index (κ3) is 6.56. The minimum atomic E-state index is 0.110. The molecule has 0 aliphatic carbocycles. The van der Waals surface area contributed by atoms with E-state index in [0.717, 1.165) is 50.0 Å². The van der Waals surface area contributed by atoms with Gasteiger partial charge in [0.2, 0.25) is 0 Å². The molecule has 5 nitrogen and oxygen atoms in total. The second kappa shape index (κ2) is 11.8. The SMILES string of the molecule is COc1cccc([C@H](c2ccccn2)N(C)CC2CCN(CCOc3ccccc3)CC2)c1. The van der Waals surface area contributed by atoms with Crippen LogP contribution in [0.4, 0.5) is 0 Å². The molecule has 0 bridgehead atoms. The Hall–Kier alpha value is -2.89. The summed E-state index contributed by atoms with van der Waals surface area (Å²) in [6.07, 6.45) is 4.30. The molecule has 0 unspecified atom stereocenters. The van der Waals surface area contributed by atoms with Gasteiger partial charge in [0, 0.05) is 19.3 Å². The molecule has 2 heterocycles. The van der Waals surface area contributed by atoms with Gasteiger partial charge < -0.3 is 9.47 Å². The topological polar surface area (TPSA) is 37.8 Å². The number of para-hydroxylation sites is 1. The Morgan fingerprint density at radius 3 is 2.45 bits per heavy atom. The molecule has 33 heavy (non-hydrogen) atoms. The summed E-state index contributed by atoms with van der Waals surface area (Å²) in [4.78, 5) is 9.67. The molecule has 0 radical (unpaired) electrons. The number of nitrogens with zero attached hydrogens (tertiary/aromatic N) is 3. The van der Waals surface area contributed by atoms with Crippen LogP contribution in [-0.2, 0) is 0 Å². The van der Waals surface area contributed by atoms with E-state index in [1.165, 1.54) is 18.4 Å². The molecule has 1 aromatic heterocycles. The molecule has 4 rings (SSSR count). The Bertz CT molecular complexity index is 959. The van der Waals surface area contributed by atoms with Gasteiger partial charge in [0.1, 0.15) is 18.1 Å². The lowest BCUT2D eigenvalue weighted by Gasteiger charge is -2.36. The number of aromatic nitrogens is 1. The zero-order valence-electron chi connectivity index (χ0n) is 19.8. The maximum absolute atomic E-state index is 5.88. The first kappa shape index (κ1) is 23.3. The Morgan fingerprint density at radius 2 is 1.73 bits per heavy atom. The van der Waals surface area contributed by atoms with Gasteiger partial charge in [0.05, 0.1) is 18.8 Å². The average Bonchev–Trinajstić information content (AvgIpc) is 2.87. The van der Waals surface area contributed by atoms with E-state index in [0.29, 0.717) is 5.92 Å². The van der Waals surface area contributed by atoms with Crippen molar-refractivity contribution in [3.05, 3.63) is 90.3 Å². The first-order chi connectivity index (χ1) is 16.2. The molecular formula is C28H35N3O2. The van der Waals surface area contributed by atoms with Gasteiger partial charge in [-0.3, -0.25) is 14.8 Å². The molecule has 1 aliphatic rings. The molecule has 3 aromatic rings. The average molecular weight is 446 g/mol. The van der Waals surface area contributed by atoms with Crippen LogP contribution in [0.5, 0.6) is 11.5 Å². The summed E-state index contributed by atoms with van der Waals surface area (Å²) in [6, 6.07) is 24.7. The molecule has 0 saturated carbocycles. The van der Waals surface area contributed by atoms with Gasteiger partial charge in [-0.2, -0.15) is 0 Å². The van der Waals surface area contributed by atoms with Gasteiger partial charge in [-0.15, -0.1) is 0 Å². The highest BCUT2D eigenvalue weighted by molar-refractivity contribution is 5.34. The first-order valence-electron chi connectivity index (χ1n) is 11.9. The Labute approximate surface area is 198 Å². The third-order valence-electron chi connectivity index (χ3n) is 6.49. The number of ether oxygens (including phenoxy) is 2. The van der Waals surface area contributed by atoms with Gasteiger partial charge in [0.25, 0.3) is 0 Å². The quantitative estimate of drug-likeness (QED) is 0.444. The summed E-state index contributed by atoms with van der Waals surface area (Å²) in [7, 11) is 3.94. The number of pyridine rings is 1. The molecule has 174 valence electrons. The van der Waals surface area contributed by atoms with Crippen LogP contribution in [-0.4, -0.2) is 61.7 Å². The third-order valence-corrected chi connectivity index (χ3v) is 6.49. The summed E-state index contributed by atoms with van der Waals surface area (Å²) in [6.45, 7) is 5.03. The van der Waals surface area contributed by atoms with Crippen molar-refractivity contribution in [1.29, 1.82) is 0 Å². The Kier molecular flexibility index (Phi) is 8.34. The molecule has 0 N–H and O–H groups in total. The zero-order valence-corrected chi connectivity index (χ0v) is 19.8. The monoisotopic (exact) mass is 445 g/mol. The van der Waals surface area contributed by atoms with Crippen LogP contribution in [0, 0.1) is 5.92 Å². The highest BCUT2D eigenvalue weighted by Gasteiger charge is 2.26. The minimum absolute atomic E-state index is 0.110. The van der Waals surface area contributed by atoms with E-state index in [-0.39, 0.29) is 6.04 Å². The van der Waals surface area contributed by atoms with Gasteiger partial charge >= 0.3 is 0 Å². The van der Waals surface area contributed by atoms with E-state index in [9.17, 15) is 0 Å². The molecule has 1 fully saturated rings. The fourth-order valence-corrected chi connectivity index (χ4v) is 4.71. The number of rotatable bonds is 10. The molecule has 0 amide bonds. The van der Waals surface area contributed by atoms with Crippen LogP contribution < -0.4 is 9.47 Å². The summed E-state index contributed by atoms with van der Waals surface area (Å²) in [5.74, 6) is 2.51. The Balaban J connectivity index is 1.32. The second-order valence-corrected chi connectivity index (χ2v) is 8.82. The van der Waals surface area contributed by atoms with Crippen LogP contribution in [0.25, 0.3) is 0 Å². The highest BCUT2D eigenvalue weighted by atomic mass is 16.5. The lowest BCUT2D eigenvalue weighted by molar-refractivity contribution is 0.127. The van der Waals surface area contributed by atoms with E-state index < -0.39 is 0 Å². The zero-order chi connectivity index (χ0) is 22.9. The summed E-state index contributed by atoms with van der Waals surface area (Å²) in [5.41, 5.74) is 2.29. The summed E-state index contributed by atoms with van der Waals surface area (Å²) in [5, 5.41) is 0. The number of methoxy groups -OCH3 is 1. The minimum Gasteiger partial charge on any atom is -0.497 e. The van der Waals surface area contributed by atoms with Crippen LogP contribution >= 0.6 is 0 Å². The van der Waals surface area contributed by atoms with Gasteiger partial charge in [-0.1, -0.05) is 36.4 Å². The van der Waals surface area contributed by atoms with Crippen LogP contribution in [0.15, 0.2) is 79.0 Å². The normalized spacial score (nSPS) is 16.0. The van der Waals surface area contributed by atoms with Crippen LogP contribution in [0.1, 0.15) is 30.1 Å². The van der Waals surface area contributed by atoms with Crippen molar-refractivity contribution >= 4 is 0 Å². The number of benzene rings is 2. The molecule has 0 spiro atoms. The predicted molar refractivity (Wildman–Crippen MR) is 133 cm³/mol. The van der Waals surface area contributed by atoms with Crippen molar-refractivity contribution in [2.24, 2.45) is 5.92 Å². The molecule has 5 heteroatoms. The number of piperidine rings is 1. The molecule has 2 aromatic carbocycles. The van der Waals surface area contributed by atoms with Gasteiger partial charge in [-0.25, -0.2) is 0 Å². The lowest BCUT2D eigenvalue weighted by atomic mass is 9.94. The van der Waals surface area contributed by atoms with Crippen molar-refractivity contribution in [2.75, 3.05) is 46.9 Å². The van der Waals surface area contributed by atoms with Crippen molar-refractivity contribution in [1.82, 2.24) is 14.8 Å². The number of likely N-dealkylation sites (tertiary alicyclic amines) is 1. The van der Waals surface area contributed by atoms with Crippen LogP contribution in [0.3, 0.4) is 0 Å². The second-order valence-electron chi connectivity index (χ2n) is 8.82. The Morgan fingerprint density at radius 1 is 0.970 bits per heavy atom. The van der Waals surface area contributed by atoms with Crippen molar-refractivity contribution < 1.29 is 9.47 Å². The maximum Gasteiger partial charge on any atom is 0.119 e. The molecule has 1 atom stereocenters. The molecular weight excluding hydrogens is 410 g/mol. The first-order valence-corrected chi connectivity index (χ1v) is 11.9. The van der Waals surface area contributed by atoms with E-state index in [1.807, 2.05) is 48.7 Å². The van der Waals surface area contributed by atoms with Crippen molar-refractivity contribution in [2.45, 2.75) is 18.9 Å². The largest absolute Gasteiger partial charge is 0.497 e. The molecule has 1 aliphatic heterocycles. The molecule has 1 saturated heterocycles. The van der Waals surface area contributed by atoms with Gasteiger partial charge in [-0.05, 0) is 80.9 Å². The van der Waals surface area contributed by atoms with E-state index >= 15 is 0 Å². The summed E-state index contributed by atoms with van der Waals surface area (Å²) >= 11 is 0. The smallest absolute Gasteiger partial charge is 0.119 e. The van der Waals surface area contributed by atoms with E-state index in [4.69, 9.17) is 14.5 Å². The summed E-state index contributed by atoms with van der Waals surface area (Å²) < 4.78 is 11.4. The lowest BCUT2D eigenvalue weighted by Crippen LogP contribution is -2.40. The fourth-order valence-electron chi connectivity index (χ4n) is 4.71. The number of hydrogen-bond donors (Lipinski definition) is 0. The van der Waals surface area contributed by atoms with Crippen molar-refractivity contribution in [3.8, 4) is 11.5 Å². The maximum atomic E-state index is 5.88. The van der Waals surface area contributed by atoms with Crippen LogP contribution in [0.2, 0.25) is 0 Å². The predicted octanol–water partition coefficient (Wildman–Crippen LogP) is 4.90. The highest BCUT2D eigenvalue weighted by Crippen LogP contribution is 2.30.